The molecule has 1 aromatic rings. The summed E-state index contributed by atoms with van der Waals surface area (Å²) in [5, 5.41) is 0. The van der Waals surface area contributed by atoms with Gasteiger partial charge in [-0.2, -0.15) is 8.42 Å². The monoisotopic (exact) mass is 292 g/mol. The van der Waals surface area contributed by atoms with E-state index in [2.05, 4.69) is 38.1 Å². The smallest absolute Gasteiger partial charge is 0.261 e. The maximum atomic E-state index is 9.19. The van der Waals surface area contributed by atoms with Gasteiger partial charge in [0.2, 0.25) is 0 Å². The first kappa shape index (κ1) is 26.6. The lowest BCUT2D eigenvalue weighted by Gasteiger charge is -1.90. The topological polar surface area (TPSA) is 54.4 Å². The second-order valence-corrected chi connectivity index (χ2v) is 4.35. The van der Waals surface area contributed by atoms with Crippen molar-refractivity contribution in [3.63, 3.8) is 0 Å². The van der Waals surface area contributed by atoms with E-state index in [-0.39, 0.29) is 0 Å². The van der Waals surface area contributed by atoms with Gasteiger partial charge in [-0.15, -0.1) is 0 Å². The van der Waals surface area contributed by atoms with Gasteiger partial charge >= 0.3 is 0 Å². The van der Waals surface area contributed by atoms with Gasteiger partial charge in [-0.3, -0.25) is 4.55 Å². The Balaban J connectivity index is -0.0000000892. The van der Waals surface area contributed by atoms with Crippen molar-refractivity contribution in [2.24, 2.45) is 0 Å². The molecular formula is C15H32O3S. The normalized spacial score (nSPS) is 7.89. The lowest BCUT2D eigenvalue weighted by Crippen LogP contribution is -1.88. The largest absolute Gasteiger partial charge is 0.286 e. The first-order chi connectivity index (χ1) is 8.79. The Morgan fingerprint density at radius 3 is 0.947 bits per heavy atom. The summed E-state index contributed by atoms with van der Waals surface area (Å²) in [6.45, 7) is 16.2. The Bertz CT molecular complexity index is 311. The molecule has 0 heterocycles. The molecule has 0 fully saturated rings. The van der Waals surface area contributed by atoms with Crippen LogP contribution in [0, 0.1) is 13.8 Å². The van der Waals surface area contributed by atoms with Crippen LogP contribution in [0.4, 0.5) is 0 Å². The summed E-state index contributed by atoms with van der Waals surface area (Å²) in [5.74, 6) is 0. The third-order valence-corrected chi connectivity index (χ3v) is 1.22. The van der Waals surface area contributed by atoms with Crippen LogP contribution in [0.3, 0.4) is 0 Å². The second-order valence-electron chi connectivity index (χ2n) is 2.89. The molecule has 116 valence electrons. The molecule has 0 aliphatic rings. The van der Waals surface area contributed by atoms with Crippen LogP contribution in [-0.2, 0) is 10.1 Å². The summed E-state index contributed by atoms with van der Waals surface area (Å²) in [6.07, 6.45) is 0.715. The molecule has 0 bridgehead atoms. The average molecular weight is 292 g/mol. The van der Waals surface area contributed by atoms with Crippen molar-refractivity contribution in [1.82, 2.24) is 0 Å². The van der Waals surface area contributed by atoms with E-state index >= 15 is 0 Å². The summed E-state index contributed by atoms with van der Waals surface area (Å²) in [6, 6.07) is 8.48. The first-order valence-corrected chi connectivity index (χ1v) is 8.59. The van der Waals surface area contributed by atoms with Crippen LogP contribution in [-0.4, -0.2) is 19.2 Å². The number of hydrogen-bond donors (Lipinski definition) is 1. The molecule has 1 aromatic carbocycles. The maximum absolute atomic E-state index is 9.19. The summed E-state index contributed by atoms with van der Waals surface area (Å²) in [5.41, 5.74) is 2.66. The highest BCUT2D eigenvalue weighted by atomic mass is 32.2. The molecule has 0 saturated carbocycles. The third-order valence-electron chi connectivity index (χ3n) is 1.22. The fraction of sp³-hybridized carbons (Fsp3) is 0.600. The molecule has 0 aliphatic carbocycles. The molecule has 4 heteroatoms. The van der Waals surface area contributed by atoms with Gasteiger partial charge in [0.25, 0.3) is 10.1 Å². The van der Waals surface area contributed by atoms with E-state index < -0.39 is 10.1 Å². The number of hydrogen-bond acceptors (Lipinski definition) is 2. The van der Waals surface area contributed by atoms with Gasteiger partial charge in [0, 0.05) is 0 Å². The molecule has 0 spiro atoms. The minimum absolute atomic E-state index is 0.715. The highest BCUT2D eigenvalue weighted by Crippen LogP contribution is 1.99. The molecule has 1 N–H and O–H groups in total. The van der Waals surface area contributed by atoms with E-state index in [1.165, 1.54) is 11.1 Å². The Labute approximate surface area is 120 Å². The predicted molar refractivity (Wildman–Crippen MR) is 87.4 cm³/mol. The molecule has 0 aromatic heterocycles. The lowest BCUT2D eigenvalue weighted by molar-refractivity contribution is 0.490. The minimum Gasteiger partial charge on any atom is -0.286 e. The summed E-state index contributed by atoms with van der Waals surface area (Å²) in [4.78, 5) is 0. The Morgan fingerprint density at radius 1 is 0.737 bits per heavy atom. The zero-order chi connectivity index (χ0) is 16.5. The molecular weight excluding hydrogens is 260 g/mol. The van der Waals surface area contributed by atoms with Gasteiger partial charge in [-0.05, 0) is 13.8 Å². The number of aryl methyl sites for hydroxylation is 2. The molecule has 3 nitrogen and oxygen atoms in total. The van der Waals surface area contributed by atoms with Crippen molar-refractivity contribution in [2.75, 3.05) is 6.26 Å². The first-order valence-electron chi connectivity index (χ1n) is 6.75. The zero-order valence-corrected chi connectivity index (χ0v) is 14.8. The van der Waals surface area contributed by atoms with Crippen LogP contribution in [0.1, 0.15) is 52.7 Å². The van der Waals surface area contributed by atoms with Crippen molar-refractivity contribution >= 4 is 10.1 Å². The van der Waals surface area contributed by atoms with Gasteiger partial charge in [-0.25, -0.2) is 0 Å². The zero-order valence-electron chi connectivity index (χ0n) is 14.0. The number of rotatable bonds is 0. The van der Waals surface area contributed by atoms with Crippen LogP contribution in [0.5, 0.6) is 0 Å². The molecule has 19 heavy (non-hydrogen) atoms. The van der Waals surface area contributed by atoms with Crippen LogP contribution in [0.2, 0.25) is 0 Å². The van der Waals surface area contributed by atoms with E-state index in [4.69, 9.17) is 4.55 Å². The van der Waals surface area contributed by atoms with E-state index in [9.17, 15) is 8.42 Å². The van der Waals surface area contributed by atoms with Gasteiger partial charge in [0.05, 0.1) is 6.26 Å². The predicted octanol–water partition coefficient (Wildman–Crippen LogP) is 4.89. The summed E-state index contributed by atoms with van der Waals surface area (Å²) in [7, 11) is -3.67. The minimum atomic E-state index is -3.67. The summed E-state index contributed by atoms with van der Waals surface area (Å²) >= 11 is 0. The van der Waals surface area contributed by atoms with Crippen molar-refractivity contribution in [3.8, 4) is 0 Å². The third kappa shape index (κ3) is 47.0. The Kier molecular flexibility index (Phi) is 27.3. The van der Waals surface area contributed by atoms with Gasteiger partial charge in [-0.1, -0.05) is 76.9 Å². The van der Waals surface area contributed by atoms with Gasteiger partial charge < -0.3 is 0 Å². The SMILES string of the molecule is CC.CC.CC.CS(=O)(=O)O.Cc1ccc(C)cc1. The fourth-order valence-electron chi connectivity index (χ4n) is 0.637. The average Bonchev–Trinajstić information content (AvgIpc) is 2.38. The molecule has 0 aliphatic heterocycles. The maximum Gasteiger partial charge on any atom is 0.261 e. The molecule has 0 atom stereocenters. The molecule has 0 radical (unpaired) electrons. The molecule has 0 unspecified atom stereocenters. The highest BCUT2D eigenvalue weighted by Gasteiger charge is 1.81. The Hall–Kier alpha value is -0.870. The van der Waals surface area contributed by atoms with Crippen LogP contribution >= 0.6 is 0 Å². The molecule has 0 amide bonds. The van der Waals surface area contributed by atoms with Crippen molar-refractivity contribution in [2.45, 2.75) is 55.4 Å². The van der Waals surface area contributed by atoms with Gasteiger partial charge in [0.1, 0.15) is 0 Å². The Morgan fingerprint density at radius 2 is 0.842 bits per heavy atom. The molecule has 0 saturated heterocycles. The van der Waals surface area contributed by atoms with Crippen molar-refractivity contribution < 1.29 is 13.0 Å². The van der Waals surface area contributed by atoms with Crippen molar-refractivity contribution in [3.05, 3.63) is 35.4 Å². The standard InChI is InChI=1S/C8H10.3C2H6.CH4O3S/c1-7-3-5-8(2)6-4-7;3*1-2;1-5(2,3)4/h3-6H,1-2H3;3*1-2H3;1H3,(H,2,3,4). The van der Waals surface area contributed by atoms with E-state index in [1.807, 2.05) is 41.5 Å². The number of benzene rings is 1. The van der Waals surface area contributed by atoms with Crippen molar-refractivity contribution in [1.29, 1.82) is 0 Å². The summed E-state index contributed by atoms with van der Waals surface area (Å²) < 4.78 is 25.9. The van der Waals surface area contributed by atoms with Crippen LogP contribution in [0.25, 0.3) is 0 Å². The fourth-order valence-corrected chi connectivity index (χ4v) is 0.637. The molecule has 1 rings (SSSR count). The second kappa shape index (κ2) is 19.5. The van der Waals surface area contributed by atoms with E-state index in [1.54, 1.807) is 0 Å². The van der Waals surface area contributed by atoms with E-state index in [0.29, 0.717) is 6.26 Å². The quantitative estimate of drug-likeness (QED) is 0.693. The van der Waals surface area contributed by atoms with E-state index in [0.717, 1.165) is 0 Å². The highest BCUT2D eigenvalue weighted by molar-refractivity contribution is 7.85. The van der Waals surface area contributed by atoms with Crippen LogP contribution in [0.15, 0.2) is 24.3 Å². The van der Waals surface area contributed by atoms with Gasteiger partial charge in [0.15, 0.2) is 0 Å². The van der Waals surface area contributed by atoms with Crippen LogP contribution < -0.4 is 0 Å². The lowest BCUT2D eigenvalue weighted by atomic mass is 10.2.